The van der Waals surface area contributed by atoms with Gasteiger partial charge >= 0.3 is 0 Å². The fourth-order valence-corrected chi connectivity index (χ4v) is 0.785. The first-order chi connectivity index (χ1) is 4.24. The quantitative estimate of drug-likeness (QED) is 0.331. The lowest BCUT2D eigenvalue weighted by atomic mass is 10.6. The van der Waals surface area contributed by atoms with Crippen LogP contribution in [0.25, 0.3) is 0 Å². The van der Waals surface area contributed by atoms with Crippen molar-refractivity contribution >= 4 is 23.8 Å². The molecule has 1 amide bonds. The summed E-state index contributed by atoms with van der Waals surface area (Å²) in [6.07, 6.45) is 1.03. The molecule has 0 heterocycles. The van der Waals surface area contributed by atoms with E-state index in [1.54, 1.807) is 0 Å². The zero-order valence-electron chi connectivity index (χ0n) is 4.63. The molecule has 0 saturated heterocycles. The van der Waals surface area contributed by atoms with Gasteiger partial charge < -0.3 is 5.32 Å². The summed E-state index contributed by atoms with van der Waals surface area (Å²) in [6, 6.07) is 0.0318. The molecule has 9 heavy (non-hydrogen) atoms. The monoisotopic (exact) mass is 147 g/mol. The van der Waals surface area contributed by atoms with Crippen molar-refractivity contribution in [3.63, 3.8) is 0 Å². The summed E-state index contributed by atoms with van der Waals surface area (Å²) in [4.78, 5) is 20.0. The number of rotatable bonds is 2. The van der Waals surface area contributed by atoms with Gasteiger partial charge in [-0.15, -0.1) is 11.6 Å². The maximum Gasteiger partial charge on any atom is 0.284 e. The summed E-state index contributed by atoms with van der Waals surface area (Å²) in [6.45, 7) is 0. The van der Waals surface area contributed by atoms with Crippen LogP contribution in [0.5, 0.6) is 0 Å². The molecule has 0 spiro atoms. The van der Waals surface area contributed by atoms with Gasteiger partial charge in [-0.05, 0) is 6.42 Å². The van der Waals surface area contributed by atoms with Gasteiger partial charge in [0, 0.05) is 6.04 Å². The van der Waals surface area contributed by atoms with Crippen molar-refractivity contribution in [3.05, 3.63) is 0 Å². The first kappa shape index (κ1) is 6.55. The molecule has 2 unspecified atom stereocenters. The van der Waals surface area contributed by atoms with E-state index in [1.807, 2.05) is 0 Å². The SMILES string of the molecule is O=CC(=O)NC1CC1Cl. The number of alkyl halides is 1. The van der Waals surface area contributed by atoms with Crippen molar-refractivity contribution in [2.24, 2.45) is 0 Å². The Hall–Kier alpha value is -0.570. The molecule has 3 nitrogen and oxygen atoms in total. The van der Waals surface area contributed by atoms with Crippen molar-refractivity contribution in [2.45, 2.75) is 17.8 Å². The van der Waals surface area contributed by atoms with Crippen LogP contribution in [-0.4, -0.2) is 23.6 Å². The van der Waals surface area contributed by atoms with Gasteiger partial charge in [-0.3, -0.25) is 9.59 Å². The number of hydrogen-bond donors (Lipinski definition) is 1. The lowest BCUT2D eigenvalue weighted by Gasteiger charge is -1.92. The number of amides is 1. The molecule has 1 aliphatic carbocycles. The Morgan fingerprint density at radius 1 is 1.78 bits per heavy atom. The van der Waals surface area contributed by atoms with Gasteiger partial charge in [0.1, 0.15) is 0 Å². The first-order valence-corrected chi connectivity index (χ1v) is 3.07. The summed E-state index contributed by atoms with van der Waals surface area (Å²) in [5.41, 5.74) is 0. The van der Waals surface area contributed by atoms with Crippen molar-refractivity contribution in [1.29, 1.82) is 0 Å². The molecular weight excluding hydrogens is 142 g/mol. The maximum absolute atomic E-state index is 10.3. The Morgan fingerprint density at radius 3 is 2.67 bits per heavy atom. The van der Waals surface area contributed by atoms with Crippen LogP contribution in [0, 0.1) is 0 Å². The Morgan fingerprint density at radius 2 is 2.33 bits per heavy atom. The largest absolute Gasteiger partial charge is 0.345 e. The smallest absolute Gasteiger partial charge is 0.284 e. The molecule has 1 fully saturated rings. The van der Waals surface area contributed by atoms with E-state index in [0.29, 0.717) is 0 Å². The molecule has 50 valence electrons. The average molecular weight is 148 g/mol. The molecule has 0 aromatic rings. The van der Waals surface area contributed by atoms with Crippen LogP contribution in [0.4, 0.5) is 0 Å². The number of nitrogens with one attached hydrogen (secondary N) is 1. The van der Waals surface area contributed by atoms with E-state index in [0.717, 1.165) is 6.42 Å². The van der Waals surface area contributed by atoms with Crippen molar-refractivity contribution in [1.82, 2.24) is 5.32 Å². The second-order valence-electron chi connectivity index (χ2n) is 1.98. The average Bonchev–Trinajstić information content (AvgIpc) is 2.47. The highest BCUT2D eigenvalue weighted by molar-refractivity contribution is 6.26. The summed E-state index contributed by atoms with van der Waals surface area (Å²) in [5, 5.41) is 2.45. The molecular formula is C5H6ClNO2. The topological polar surface area (TPSA) is 46.2 Å². The van der Waals surface area contributed by atoms with E-state index in [1.165, 1.54) is 0 Å². The normalized spacial score (nSPS) is 31.2. The summed E-state index contributed by atoms with van der Waals surface area (Å²) in [5.74, 6) is -0.580. The van der Waals surface area contributed by atoms with Gasteiger partial charge in [-0.1, -0.05) is 0 Å². The van der Waals surface area contributed by atoms with Crippen molar-refractivity contribution in [3.8, 4) is 0 Å². The van der Waals surface area contributed by atoms with Gasteiger partial charge in [-0.2, -0.15) is 0 Å². The minimum atomic E-state index is -0.580. The van der Waals surface area contributed by atoms with Crippen LogP contribution in [0.3, 0.4) is 0 Å². The summed E-state index contributed by atoms with van der Waals surface area (Å²) in [7, 11) is 0. The second kappa shape index (κ2) is 2.35. The molecule has 1 N–H and O–H groups in total. The number of aldehydes is 1. The fraction of sp³-hybridized carbons (Fsp3) is 0.600. The van der Waals surface area contributed by atoms with Crippen LogP contribution in [0.2, 0.25) is 0 Å². The third-order valence-corrected chi connectivity index (χ3v) is 1.63. The van der Waals surface area contributed by atoms with Gasteiger partial charge in [0.2, 0.25) is 6.29 Å². The van der Waals surface area contributed by atoms with E-state index in [9.17, 15) is 9.59 Å². The fourth-order valence-electron chi connectivity index (χ4n) is 0.530. The highest BCUT2D eigenvalue weighted by atomic mass is 35.5. The second-order valence-corrected chi connectivity index (χ2v) is 2.55. The van der Waals surface area contributed by atoms with Crippen molar-refractivity contribution in [2.75, 3.05) is 0 Å². The Labute approximate surface area is 57.4 Å². The van der Waals surface area contributed by atoms with Crippen LogP contribution in [0.15, 0.2) is 0 Å². The predicted octanol–water partition coefficient (Wildman–Crippen LogP) is -0.319. The zero-order chi connectivity index (χ0) is 6.85. The number of carbonyl (C=O) groups excluding carboxylic acids is 2. The number of carbonyl (C=O) groups is 2. The van der Waals surface area contributed by atoms with E-state index >= 15 is 0 Å². The van der Waals surface area contributed by atoms with Gasteiger partial charge in [0.15, 0.2) is 0 Å². The lowest BCUT2D eigenvalue weighted by Crippen LogP contribution is -2.27. The minimum Gasteiger partial charge on any atom is -0.345 e. The number of hydrogen-bond acceptors (Lipinski definition) is 2. The highest BCUT2D eigenvalue weighted by Crippen LogP contribution is 2.27. The predicted molar refractivity (Wildman–Crippen MR) is 32.3 cm³/mol. The van der Waals surface area contributed by atoms with Crippen molar-refractivity contribution < 1.29 is 9.59 Å². The van der Waals surface area contributed by atoms with E-state index in [4.69, 9.17) is 11.6 Å². The Balaban J connectivity index is 2.19. The molecule has 0 bridgehead atoms. The summed E-state index contributed by atoms with van der Waals surface area (Å²) >= 11 is 5.52. The molecule has 1 saturated carbocycles. The molecule has 1 aliphatic rings. The molecule has 0 aliphatic heterocycles. The van der Waals surface area contributed by atoms with E-state index < -0.39 is 5.91 Å². The lowest BCUT2D eigenvalue weighted by molar-refractivity contribution is -0.131. The zero-order valence-corrected chi connectivity index (χ0v) is 5.39. The van der Waals surface area contributed by atoms with Gasteiger partial charge in [0.25, 0.3) is 5.91 Å². The molecule has 4 heteroatoms. The molecule has 0 aromatic carbocycles. The molecule has 1 rings (SSSR count). The number of halogens is 1. The van der Waals surface area contributed by atoms with Crippen LogP contribution < -0.4 is 5.32 Å². The third-order valence-electron chi connectivity index (χ3n) is 1.15. The molecule has 2 atom stereocenters. The van der Waals surface area contributed by atoms with Gasteiger partial charge in [0.05, 0.1) is 5.38 Å². The Bertz CT molecular complexity index is 148. The third kappa shape index (κ3) is 1.68. The minimum absolute atomic E-state index is 0.0318. The van der Waals surface area contributed by atoms with E-state index in [2.05, 4.69) is 5.32 Å². The van der Waals surface area contributed by atoms with E-state index in [-0.39, 0.29) is 17.7 Å². The Kier molecular flexibility index (Phi) is 1.71. The highest BCUT2D eigenvalue weighted by Gasteiger charge is 2.36. The van der Waals surface area contributed by atoms with Crippen LogP contribution in [0.1, 0.15) is 6.42 Å². The summed E-state index contributed by atoms with van der Waals surface area (Å²) < 4.78 is 0. The standard InChI is InChI=1S/C5H6ClNO2/c6-3-1-4(3)7-5(9)2-8/h2-4H,1H2,(H,7,9). The maximum atomic E-state index is 10.3. The van der Waals surface area contributed by atoms with Crippen LogP contribution in [-0.2, 0) is 9.59 Å². The van der Waals surface area contributed by atoms with Gasteiger partial charge in [-0.25, -0.2) is 0 Å². The molecule has 0 aromatic heterocycles. The van der Waals surface area contributed by atoms with Crippen LogP contribution >= 0.6 is 11.6 Å². The molecule has 0 radical (unpaired) electrons. The first-order valence-electron chi connectivity index (χ1n) is 2.64.